The number of hydrogen-bond acceptors (Lipinski definition) is 4. The van der Waals surface area contributed by atoms with Crippen molar-refractivity contribution in [2.45, 2.75) is 6.92 Å². The fourth-order valence-corrected chi connectivity index (χ4v) is 1.63. The fraction of sp³-hybridized carbons (Fsp3) is 0.125. The smallest absolute Gasteiger partial charge is 0.277 e. The number of hydrazone groups is 1. The van der Waals surface area contributed by atoms with Crippen LogP contribution in [-0.2, 0) is 4.79 Å². The van der Waals surface area contributed by atoms with Gasteiger partial charge in [0.15, 0.2) is 6.61 Å². The number of nitrogens with zero attached hydrogens (tertiary/aromatic N) is 1. The number of hydrogen-bond donors (Lipinski definition) is 2. The lowest BCUT2D eigenvalue weighted by Crippen LogP contribution is -2.25. The van der Waals surface area contributed by atoms with E-state index < -0.39 is 5.91 Å². The van der Waals surface area contributed by atoms with Gasteiger partial charge in [-0.3, -0.25) is 4.79 Å². The van der Waals surface area contributed by atoms with Gasteiger partial charge in [-0.05, 0) is 61.0 Å². The second-order valence-corrected chi connectivity index (χ2v) is 4.52. The molecule has 0 bridgehead atoms. The van der Waals surface area contributed by atoms with Gasteiger partial charge in [-0.25, -0.2) is 9.82 Å². The summed E-state index contributed by atoms with van der Waals surface area (Å²) in [4.78, 5) is 11.6. The van der Waals surface area contributed by atoms with E-state index in [4.69, 9.17) is 4.74 Å². The molecule has 2 aromatic carbocycles. The Morgan fingerprint density at radius 1 is 1.18 bits per heavy atom. The second-order valence-electron chi connectivity index (χ2n) is 4.52. The molecule has 5 nitrogen and oxygen atoms in total. The first-order valence-electron chi connectivity index (χ1n) is 6.55. The monoisotopic (exact) mass is 302 g/mol. The molecule has 22 heavy (non-hydrogen) atoms. The van der Waals surface area contributed by atoms with E-state index in [9.17, 15) is 14.3 Å². The lowest BCUT2D eigenvalue weighted by molar-refractivity contribution is -0.123. The van der Waals surface area contributed by atoms with Gasteiger partial charge in [0.25, 0.3) is 5.91 Å². The van der Waals surface area contributed by atoms with Crippen LogP contribution >= 0.6 is 0 Å². The lowest BCUT2D eigenvalue weighted by Gasteiger charge is -2.06. The SMILES string of the molecule is C/C(=N/NC(=O)COc1ccc(F)cc1)c1ccc(O)cc1. The summed E-state index contributed by atoms with van der Waals surface area (Å²) in [5.41, 5.74) is 3.73. The van der Waals surface area contributed by atoms with Crippen molar-refractivity contribution < 1.29 is 19.0 Å². The van der Waals surface area contributed by atoms with E-state index in [1.54, 1.807) is 19.1 Å². The number of carbonyl (C=O) groups excluding carboxylic acids is 1. The number of phenols is 1. The van der Waals surface area contributed by atoms with Crippen LogP contribution in [0, 0.1) is 5.82 Å². The molecule has 0 spiro atoms. The van der Waals surface area contributed by atoms with Crippen LogP contribution in [0.2, 0.25) is 0 Å². The summed E-state index contributed by atoms with van der Waals surface area (Å²) >= 11 is 0. The number of ether oxygens (including phenoxy) is 1. The quantitative estimate of drug-likeness (QED) is 0.658. The predicted molar refractivity (Wildman–Crippen MR) is 80.4 cm³/mol. The molecule has 2 aromatic rings. The molecule has 6 heteroatoms. The van der Waals surface area contributed by atoms with E-state index in [1.807, 2.05) is 0 Å². The average Bonchev–Trinajstić information content (AvgIpc) is 2.52. The van der Waals surface area contributed by atoms with Crippen LogP contribution in [0.15, 0.2) is 53.6 Å². The highest BCUT2D eigenvalue weighted by molar-refractivity contribution is 5.99. The van der Waals surface area contributed by atoms with Gasteiger partial charge in [0.2, 0.25) is 0 Å². The Labute approximate surface area is 127 Å². The van der Waals surface area contributed by atoms with Crippen LogP contribution in [0.5, 0.6) is 11.5 Å². The van der Waals surface area contributed by atoms with Gasteiger partial charge in [0.1, 0.15) is 17.3 Å². The van der Waals surface area contributed by atoms with Crippen molar-refractivity contribution in [3.05, 3.63) is 59.9 Å². The zero-order valence-electron chi connectivity index (χ0n) is 11.9. The Morgan fingerprint density at radius 2 is 1.82 bits per heavy atom. The molecule has 0 aliphatic heterocycles. The molecule has 114 valence electrons. The van der Waals surface area contributed by atoms with Gasteiger partial charge < -0.3 is 9.84 Å². The highest BCUT2D eigenvalue weighted by Crippen LogP contribution is 2.11. The molecule has 0 aromatic heterocycles. The van der Waals surface area contributed by atoms with E-state index in [0.717, 1.165) is 5.56 Å². The molecule has 0 saturated heterocycles. The van der Waals surface area contributed by atoms with Crippen molar-refractivity contribution in [3.63, 3.8) is 0 Å². The van der Waals surface area contributed by atoms with E-state index in [1.165, 1.54) is 36.4 Å². The first-order valence-corrected chi connectivity index (χ1v) is 6.55. The standard InChI is InChI=1S/C16H15FN2O3/c1-11(12-2-6-14(20)7-3-12)18-19-16(21)10-22-15-8-4-13(17)5-9-15/h2-9,20H,10H2,1H3,(H,19,21)/b18-11-. The third-order valence-corrected chi connectivity index (χ3v) is 2.82. The molecule has 0 aliphatic rings. The van der Waals surface area contributed by atoms with Gasteiger partial charge in [0, 0.05) is 0 Å². The third kappa shape index (κ3) is 4.59. The third-order valence-electron chi connectivity index (χ3n) is 2.82. The summed E-state index contributed by atoms with van der Waals surface area (Å²) in [6.07, 6.45) is 0. The summed E-state index contributed by atoms with van der Waals surface area (Å²) in [6, 6.07) is 11.8. The van der Waals surface area contributed by atoms with Crippen LogP contribution in [0.25, 0.3) is 0 Å². The topological polar surface area (TPSA) is 70.9 Å². The Hall–Kier alpha value is -2.89. The van der Waals surface area contributed by atoms with E-state index in [2.05, 4.69) is 10.5 Å². The molecular weight excluding hydrogens is 287 g/mol. The van der Waals surface area contributed by atoms with Gasteiger partial charge in [-0.15, -0.1) is 0 Å². The number of carbonyl (C=O) groups is 1. The maximum absolute atomic E-state index is 12.7. The molecule has 1 amide bonds. The molecule has 0 saturated carbocycles. The average molecular weight is 302 g/mol. The minimum absolute atomic E-state index is 0.160. The number of phenolic OH excluding ortho intramolecular Hbond substituents is 1. The highest BCUT2D eigenvalue weighted by atomic mass is 19.1. The molecular formula is C16H15FN2O3. The second kappa shape index (κ2) is 7.21. The molecule has 0 heterocycles. The number of amides is 1. The molecule has 0 unspecified atom stereocenters. The zero-order valence-corrected chi connectivity index (χ0v) is 11.9. The van der Waals surface area contributed by atoms with Gasteiger partial charge >= 0.3 is 0 Å². The Kier molecular flexibility index (Phi) is 5.08. The molecule has 2 rings (SSSR count). The number of rotatable bonds is 5. The lowest BCUT2D eigenvalue weighted by atomic mass is 10.1. The van der Waals surface area contributed by atoms with Crippen LogP contribution in [0.3, 0.4) is 0 Å². The number of benzene rings is 2. The van der Waals surface area contributed by atoms with E-state index in [-0.39, 0.29) is 18.2 Å². The summed E-state index contributed by atoms with van der Waals surface area (Å²) in [5.74, 6) is -0.238. The largest absolute Gasteiger partial charge is 0.508 e. The Balaban J connectivity index is 1.85. The minimum Gasteiger partial charge on any atom is -0.508 e. The van der Waals surface area contributed by atoms with Gasteiger partial charge in [0.05, 0.1) is 5.71 Å². The van der Waals surface area contributed by atoms with Crippen molar-refractivity contribution in [1.82, 2.24) is 5.43 Å². The van der Waals surface area contributed by atoms with Crippen molar-refractivity contribution in [3.8, 4) is 11.5 Å². The summed E-state index contributed by atoms with van der Waals surface area (Å²) in [7, 11) is 0. The number of aromatic hydroxyl groups is 1. The maximum atomic E-state index is 12.7. The summed E-state index contributed by atoms with van der Waals surface area (Å²) < 4.78 is 17.9. The fourth-order valence-electron chi connectivity index (χ4n) is 1.63. The molecule has 0 aliphatic carbocycles. The number of nitrogens with one attached hydrogen (secondary N) is 1. The van der Waals surface area contributed by atoms with Crippen molar-refractivity contribution in [1.29, 1.82) is 0 Å². The van der Waals surface area contributed by atoms with E-state index in [0.29, 0.717) is 11.5 Å². The molecule has 0 atom stereocenters. The van der Waals surface area contributed by atoms with Crippen molar-refractivity contribution >= 4 is 11.6 Å². The molecule has 0 radical (unpaired) electrons. The van der Waals surface area contributed by atoms with Crippen molar-refractivity contribution in [2.75, 3.05) is 6.61 Å². The summed E-state index contributed by atoms with van der Waals surface area (Å²) in [5, 5.41) is 13.1. The minimum atomic E-state index is -0.428. The summed E-state index contributed by atoms with van der Waals surface area (Å²) in [6.45, 7) is 1.51. The highest BCUT2D eigenvalue weighted by Gasteiger charge is 2.03. The van der Waals surface area contributed by atoms with Gasteiger partial charge in [-0.1, -0.05) is 0 Å². The first kappa shape index (κ1) is 15.5. The normalized spacial score (nSPS) is 11.1. The Bertz CT molecular complexity index is 667. The van der Waals surface area contributed by atoms with Crippen LogP contribution < -0.4 is 10.2 Å². The zero-order chi connectivity index (χ0) is 15.9. The molecule has 0 fully saturated rings. The van der Waals surface area contributed by atoms with Crippen molar-refractivity contribution in [2.24, 2.45) is 5.10 Å². The van der Waals surface area contributed by atoms with Crippen LogP contribution in [0.1, 0.15) is 12.5 Å². The van der Waals surface area contributed by atoms with Crippen LogP contribution in [0.4, 0.5) is 4.39 Å². The maximum Gasteiger partial charge on any atom is 0.277 e. The van der Waals surface area contributed by atoms with Gasteiger partial charge in [-0.2, -0.15) is 5.10 Å². The van der Waals surface area contributed by atoms with Crippen LogP contribution in [-0.4, -0.2) is 23.3 Å². The predicted octanol–water partition coefficient (Wildman–Crippen LogP) is 2.45. The van der Waals surface area contributed by atoms with E-state index >= 15 is 0 Å². The number of halogens is 1. The first-order chi connectivity index (χ1) is 10.5. The molecule has 2 N–H and O–H groups in total. The Morgan fingerprint density at radius 3 is 2.45 bits per heavy atom.